The molecule has 0 atom stereocenters. The summed E-state index contributed by atoms with van der Waals surface area (Å²) in [6.45, 7) is 8.63. The van der Waals surface area contributed by atoms with Gasteiger partial charge in [0.05, 0.1) is 18.7 Å². The molecule has 0 saturated carbocycles. The van der Waals surface area contributed by atoms with Crippen molar-refractivity contribution in [2.24, 2.45) is 0 Å². The minimum atomic E-state index is 0.172. The second-order valence-electron chi connectivity index (χ2n) is 3.38. The van der Waals surface area contributed by atoms with E-state index in [1.807, 2.05) is 13.8 Å². The molecule has 3 nitrogen and oxygen atoms in total. The van der Waals surface area contributed by atoms with Crippen LogP contribution < -0.4 is 5.32 Å². The van der Waals surface area contributed by atoms with Crippen LogP contribution in [0.2, 0.25) is 0 Å². The van der Waals surface area contributed by atoms with Crippen molar-refractivity contribution in [3.8, 4) is 0 Å². The smallest absolute Gasteiger partial charge is 0.153 e. The van der Waals surface area contributed by atoms with Gasteiger partial charge in [-0.25, -0.2) is 4.98 Å². The van der Waals surface area contributed by atoms with Gasteiger partial charge in [0.15, 0.2) is 5.78 Å². The molecule has 82 valence electrons. The number of rotatable bonds is 6. The molecule has 1 aromatic heterocycles. The first-order chi connectivity index (χ1) is 7.13. The topological polar surface area (TPSA) is 42.0 Å². The zero-order valence-electron chi connectivity index (χ0n) is 9.17. The van der Waals surface area contributed by atoms with Crippen molar-refractivity contribution in [3.05, 3.63) is 28.2 Å². The number of carbonyl (C=O) groups excluding carboxylic acids is 1. The van der Waals surface area contributed by atoms with Crippen LogP contribution in [-0.2, 0) is 11.2 Å². The van der Waals surface area contributed by atoms with Gasteiger partial charge in [0.2, 0.25) is 0 Å². The number of hydrogen-bond donors (Lipinski definition) is 1. The number of hydrogen-bond acceptors (Lipinski definition) is 4. The predicted octanol–water partition coefficient (Wildman–Crippen LogP) is 1.65. The summed E-state index contributed by atoms with van der Waals surface area (Å²) in [4.78, 5) is 17.0. The SMILES string of the molecule is C=CCNCC(=O)Cc1nc(C)c(C)s1. The first kappa shape index (κ1) is 12.1. The van der Waals surface area contributed by atoms with Crippen molar-refractivity contribution in [3.63, 3.8) is 0 Å². The molecule has 4 heteroatoms. The average Bonchev–Trinajstić information content (AvgIpc) is 2.46. The highest BCUT2D eigenvalue weighted by Crippen LogP contribution is 2.16. The van der Waals surface area contributed by atoms with Gasteiger partial charge < -0.3 is 5.32 Å². The summed E-state index contributed by atoms with van der Waals surface area (Å²) in [6.07, 6.45) is 2.18. The molecule has 1 aromatic rings. The van der Waals surface area contributed by atoms with E-state index in [-0.39, 0.29) is 5.78 Å². The first-order valence-electron chi connectivity index (χ1n) is 4.89. The number of aryl methyl sites for hydroxylation is 2. The fourth-order valence-electron chi connectivity index (χ4n) is 1.16. The number of ketones is 1. The fraction of sp³-hybridized carbons (Fsp3) is 0.455. The molecule has 0 aliphatic carbocycles. The molecule has 0 radical (unpaired) electrons. The molecule has 0 saturated heterocycles. The number of aromatic nitrogens is 1. The van der Waals surface area contributed by atoms with E-state index < -0.39 is 0 Å². The van der Waals surface area contributed by atoms with Crippen molar-refractivity contribution < 1.29 is 4.79 Å². The Morgan fingerprint density at radius 3 is 2.87 bits per heavy atom. The first-order valence-corrected chi connectivity index (χ1v) is 5.71. The minimum absolute atomic E-state index is 0.172. The lowest BCUT2D eigenvalue weighted by Gasteiger charge is -1.98. The summed E-state index contributed by atoms with van der Waals surface area (Å²) >= 11 is 1.60. The van der Waals surface area contributed by atoms with Gasteiger partial charge in [-0.15, -0.1) is 17.9 Å². The molecule has 0 aliphatic rings. The van der Waals surface area contributed by atoms with Gasteiger partial charge in [-0.1, -0.05) is 6.08 Å². The standard InChI is InChI=1S/C11H16N2OS/c1-4-5-12-7-10(14)6-11-13-8(2)9(3)15-11/h4,12H,1,5-7H2,2-3H3. The van der Waals surface area contributed by atoms with Crippen LogP contribution in [0.15, 0.2) is 12.7 Å². The van der Waals surface area contributed by atoms with Gasteiger partial charge in [0, 0.05) is 11.4 Å². The normalized spacial score (nSPS) is 10.3. The molecule has 0 bridgehead atoms. The third-order valence-electron chi connectivity index (χ3n) is 2.03. The molecule has 0 spiro atoms. The molecule has 0 aromatic carbocycles. The summed E-state index contributed by atoms with van der Waals surface area (Å²) in [5.74, 6) is 0.172. The Hall–Kier alpha value is -1.000. The van der Waals surface area contributed by atoms with Crippen molar-refractivity contribution in [2.45, 2.75) is 20.3 Å². The summed E-state index contributed by atoms with van der Waals surface area (Å²) in [5.41, 5.74) is 1.03. The van der Waals surface area contributed by atoms with E-state index in [0.717, 1.165) is 10.7 Å². The predicted molar refractivity (Wildman–Crippen MR) is 63.4 cm³/mol. The largest absolute Gasteiger partial charge is 0.307 e. The highest BCUT2D eigenvalue weighted by Gasteiger charge is 2.08. The molecule has 0 unspecified atom stereocenters. The molecular weight excluding hydrogens is 208 g/mol. The van der Waals surface area contributed by atoms with E-state index in [2.05, 4.69) is 16.9 Å². The highest BCUT2D eigenvalue weighted by atomic mass is 32.1. The molecule has 15 heavy (non-hydrogen) atoms. The van der Waals surface area contributed by atoms with Crippen LogP contribution >= 0.6 is 11.3 Å². The van der Waals surface area contributed by atoms with Crippen molar-refractivity contribution in [1.82, 2.24) is 10.3 Å². The fourth-order valence-corrected chi connectivity index (χ4v) is 2.12. The van der Waals surface area contributed by atoms with E-state index in [4.69, 9.17) is 0 Å². The summed E-state index contributed by atoms with van der Waals surface area (Å²) in [6, 6.07) is 0. The Balaban J connectivity index is 2.40. The van der Waals surface area contributed by atoms with E-state index in [9.17, 15) is 4.79 Å². The highest BCUT2D eigenvalue weighted by molar-refractivity contribution is 7.11. The van der Waals surface area contributed by atoms with Crippen LogP contribution in [0.25, 0.3) is 0 Å². The molecule has 1 rings (SSSR count). The lowest BCUT2D eigenvalue weighted by Crippen LogP contribution is -2.24. The lowest BCUT2D eigenvalue weighted by atomic mass is 10.3. The third-order valence-corrected chi connectivity index (χ3v) is 3.10. The second kappa shape index (κ2) is 5.78. The molecule has 0 fully saturated rings. The quantitative estimate of drug-likeness (QED) is 0.590. The summed E-state index contributed by atoms with van der Waals surface area (Å²) < 4.78 is 0. The number of Topliss-reactive ketones (excluding diaryl/α,β-unsaturated/α-hetero) is 1. The number of nitrogens with one attached hydrogen (secondary N) is 1. The van der Waals surface area contributed by atoms with E-state index >= 15 is 0 Å². The third kappa shape index (κ3) is 3.93. The van der Waals surface area contributed by atoms with Gasteiger partial charge in [0.1, 0.15) is 5.01 Å². The molecular formula is C11H16N2OS. The zero-order valence-corrected chi connectivity index (χ0v) is 9.99. The van der Waals surface area contributed by atoms with Crippen LogP contribution in [0.5, 0.6) is 0 Å². The molecule has 1 heterocycles. The lowest BCUT2D eigenvalue weighted by molar-refractivity contribution is -0.117. The maximum Gasteiger partial charge on any atom is 0.153 e. The van der Waals surface area contributed by atoms with E-state index in [1.54, 1.807) is 17.4 Å². The van der Waals surface area contributed by atoms with Crippen molar-refractivity contribution in [1.29, 1.82) is 0 Å². The number of thiazole rings is 1. The van der Waals surface area contributed by atoms with E-state index in [0.29, 0.717) is 19.5 Å². The van der Waals surface area contributed by atoms with Gasteiger partial charge in [-0.3, -0.25) is 4.79 Å². The summed E-state index contributed by atoms with van der Waals surface area (Å²) in [5, 5.41) is 3.90. The maximum absolute atomic E-state index is 11.5. The second-order valence-corrected chi connectivity index (χ2v) is 4.67. The van der Waals surface area contributed by atoms with Crippen LogP contribution in [-0.4, -0.2) is 23.9 Å². The monoisotopic (exact) mass is 224 g/mol. The zero-order chi connectivity index (χ0) is 11.3. The van der Waals surface area contributed by atoms with Crippen LogP contribution in [0.4, 0.5) is 0 Å². The number of carbonyl (C=O) groups is 1. The van der Waals surface area contributed by atoms with Crippen molar-refractivity contribution in [2.75, 3.05) is 13.1 Å². The molecule has 0 amide bonds. The van der Waals surface area contributed by atoms with Gasteiger partial charge in [-0.05, 0) is 13.8 Å². The van der Waals surface area contributed by atoms with Gasteiger partial charge in [0.25, 0.3) is 0 Å². The summed E-state index contributed by atoms with van der Waals surface area (Å²) in [7, 11) is 0. The van der Waals surface area contributed by atoms with Crippen LogP contribution in [0.3, 0.4) is 0 Å². The van der Waals surface area contributed by atoms with Crippen LogP contribution in [0.1, 0.15) is 15.6 Å². The average molecular weight is 224 g/mol. The Labute approximate surface area is 94.2 Å². The maximum atomic E-state index is 11.5. The Bertz CT molecular complexity index is 338. The minimum Gasteiger partial charge on any atom is -0.307 e. The molecule has 1 N–H and O–H groups in total. The van der Waals surface area contributed by atoms with Crippen LogP contribution in [0, 0.1) is 13.8 Å². The van der Waals surface area contributed by atoms with Crippen molar-refractivity contribution >= 4 is 17.1 Å². The Morgan fingerprint density at radius 2 is 2.33 bits per heavy atom. The van der Waals surface area contributed by atoms with Gasteiger partial charge in [-0.2, -0.15) is 0 Å². The van der Waals surface area contributed by atoms with E-state index in [1.165, 1.54) is 4.88 Å². The molecule has 0 aliphatic heterocycles. The van der Waals surface area contributed by atoms with Gasteiger partial charge >= 0.3 is 0 Å². The Kier molecular flexibility index (Phi) is 4.65. The Morgan fingerprint density at radius 1 is 1.60 bits per heavy atom. The number of nitrogens with zero attached hydrogens (tertiary/aromatic N) is 1.